The minimum atomic E-state index is -0.483. The molecule has 0 spiro atoms. The van der Waals surface area contributed by atoms with Gasteiger partial charge in [0.15, 0.2) is 0 Å². The first kappa shape index (κ1) is 16.2. The first-order valence-corrected chi connectivity index (χ1v) is 7.96. The van der Waals surface area contributed by atoms with Crippen LogP contribution in [-0.2, 0) is 0 Å². The van der Waals surface area contributed by atoms with Gasteiger partial charge in [0.1, 0.15) is 0 Å². The van der Waals surface area contributed by atoms with Crippen LogP contribution in [0.15, 0.2) is 18.2 Å². The number of hydrogen-bond acceptors (Lipinski definition) is 4. The second-order valence-electron chi connectivity index (χ2n) is 5.40. The van der Waals surface area contributed by atoms with Gasteiger partial charge < -0.3 is 10.2 Å². The van der Waals surface area contributed by atoms with Crippen molar-refractivity contribution in [1.82, 2.24) is 10.2 Å². The number of likely N-dealkylation sites (tertiary alicyclic amines) is 1. The normalized spacial score (nSPS) is 19.2. The lowest BCUT2D eigenvalue weighted by molar-refractivity contribution is -0.384. The molecule has 114 valence electrons. The molecule has 0 saturated carbocycles. The van der Waals surface area contributed by atoms with Crippen molar-refractivity contribution in [3.05, 3.63) is 37.4 Å². The van der Waals surface area contributed by atoms with Crippen LogP contribution in [0.25, 0.3) is 0 Å². The molecule has 1 heterocycles. The van der Waals surface area contributed by atoms with E-state index in [-0.39, 0.29) is 11.6 Å². The number of amides is 1. The number of non-ortho nitro benzene ring substituents is 1. The van der Waals surface area contributed by atoms with Crippen LogP contribution in [0.3, 0.4) is 0 Å². The van der Waals surface area contributed by atoms with Crippen LogP contribution in [0.5, 0.6) is 0 Å². The van der Waals surface area contributed by atoms with Gasteiger partial charge in [-0.25, -0.2) is 0 Å². The Morgan fingerprint density at radius 2 is 2.33 bits per heavy atom. The lowest BCUT2D eigenvalue weighted by Gasteiger charge is -2.29. The Labute approximate surface area is 137 Å². The molecule has 2 rings (SSSR count). The Kier molecular flexibility index (Phi) is 5.51. The van der Waals surface area contributed by atoms with Gasteiger partial charge in [0.2, 0.25) is 0 Å². The molecule has 1 atom stereocenters. The Balaban J connectivity index is 1.99. The molecule has 1 amide bonds. The highest BCUT2D eigenvalue weighted by Gasteiger charge is 2.20. The van der Waals surface area contributed by atoms with Gasteiger partial charge >= 0.3 is 0 Å². The van der Waals surface area contributed by atoms with Crippen molar-refractivity contribution in [3.8, 4) is 0 Å². The molecule has 1 aliphatic rings. The molecule has 1 fully saturated rings. The number of nitrogens with zero attached hydrogens (tertiary/aromatic N) is 2. The lowest BCUT2D eigenvalue weighted by Crippen LogP contribution is -2.39. The van der Waals surface area contributed by atoms with Gasteiger partial charge in [-0.1, -0.05) is 0 Å². The first-order valence-electron chi connectivity index (χ1n) is 6.88. The molecular weight excluding hydrogens is 385 g/mol. The number of hydrogen-bond donors (Lipinski definition) is 1. The van der Waals surface area contributed by atoms with Crippen LogP contribution < -0.4 is 5.32 Å². The summed E-state index contributed by atoms with van der Waals surface area (Å²) >= 11 is 2.02. The summed E-state index contributed by atoms with van der Waals surface area (Å²) in [6, 6.07) is 4.35. The zero-order valence-electron chi connectivity index (χ0n) is 11.8. The highest BCUT2D eigenvalue weighted by Crippen LogP contribution is 2.20. The van der Waals surface area contributed by atoms with Crippen molar-refractivity contribution in [2.75, 3.05) is 26.7 Å². The molecule has 6 nitrogen and oxygen atoms in total. The third kappa shape index (κ3) is 4.37. The summed E-state index contributed by atoms with van der Waals surface area (Å²) in [4.78, 5) is 24.8. The minimum absolute atomic E-state index is 0.0574. The maximum Gasteiger partial charge on any atom is 0.270 e. The summed E-state index contributed by atoms with van der Waals surface area (Å²) in [7, 11) is 2.08. The average Bonchev–Trinajstić information content (AvgIpc) is 2.45. The highest BCUT2D eigenvalue weighted by atomic mass is 127. The van der Waals surface area contributed by atoms with Gasteiger partial charge in [0.25, 0.3) is 11.6 Å². The number of piperidine rings is 1. The molecular formula is C14H18IN3O3. The van der Waals surface area contributed by atoms with Crippen LogP contribution in [0, 0.1) is 19.6 Å². The molecule has 1 aromatic rings. The number of nitro benzene ring substituents is 1. The van der Waals surface area contributed by atoms with Gasteiger partial charge in [0, 0.05) is 28.8 Å². The molecule has 21 heavy (non-hydrogen) atoms. The maximum atomic E-state index is 12.2. The van der Waals surface area contributed by atoms with E-state index in [1.54, 1.807) is 6.07 Å². The zero-order chi connectivity index (χ0) is 15.4. The van der Waals surface area contributed by atoms with Crippen molar-refractivity contribution in [2.24, 2.45) is 5.92 Å². The summed E-state index contributed by atoms with van der Waals surface area (Å²) < 4.78 is 0.719. The van der Waals surface area contributed by atoms with Crippen LogP contribution in [0.4, 0.5) is 5.69 Å². The molecule has 1 saturated heterocycles. The minimum Gasteiger partial charge on any atom is -0.352 e. The van der Waals surface area contributed by atoms with Crippen molar-refractivity contribution in [1.29, 1.82) is 0 Å². The second kappa shape index (κ2) is 7.17. The molecule has 1 unspecified atom stereocenters. The zero-order valence-corrected chi connectivity index (χ0v) is 14.0. The third-order valence-electron chi connectivity index (χ3n) is 3.68. The lowest BCUT2D eigenvalue weighted by atomic mass is 9.98. The Morgan fingerprint density at radius 1 is 1.57 bits per heavy atom. The van der Waals surface area contributed by atoms with E-state index in [0.29, 0.717) is 18.0 Å². The van der Waals surface area contributed by atoms with Crippen molar-refractivity contribution in [2.45, 2.75) is 12.8 Å². The van der Waals surface area contributed by atoms with E-state index in [1.165, 1.54) is 12.1 Å². The first-order chi connectivity index (χ1) is 9.97. The molecule has 0 aromatic heterocycles. The SMILES string of the molecule is CN1CCCC(CNC(=O)c2cc([N+](=O)[O-])ccc2I)C1. The van der Waals surface area contributed by atoms with Crippen LogP contribution in [-0.4, -0.2) is 42.4 Å². The summed E-state index contributed by atoms with van der Waals surface area (Å²) in [5.41, 5.74) is 0.312. The molecule has 1 aromatic carbocycles. The predicted octanol–water partition coefficient (Wildman–Crippen LogP) is 2.27. The van der Waals surface area contributed by atoms with Gasteiger partial charge in [0.05, 0.1) is 10.5 Å². The van der Waals surface area contributed by atoms with E-state index in [9.17, 15) is 14.9 Å². The molecule has 7 heteroatoms. The number of nitro groups is 1. The monoisotopic (exact) mass is 403 g/mol. The summed E-state index contributed by atoms with van der Waals surface area (Å²) in [5, 5.41) is 13.7. The number of carbonyl (C=O) groups is 1. The average molecular weight is 403 g/mol. The fourth-order valence-corrected chi connectivity index (χ4v) is 3.15. The fourth-order valence-electron chi connectivity index (χ4n) is 2.57. The quantitative estimate of drug-likeness (QED) is 0.476. The third-order valence-corrected chi connectivity index (χ3v) is 4.62. The number of benzene rings is 1. The van der Waals surface area contributed by atoms with Gasteiger partial charge in [-0.15, -0.1) is 0 Å². The van der Waals surface area contributed by atoms with E-state index >= 15 is 0 Å². The summed E-state index contributed by atoms with van der Waals surface area (Å²) in [5.74, 6) is 0.209. The van der Waals surface area contributed by atoms with Crippen LogP contribution >= 0.6 is 22.6 Å². The van der Waals surface area contributed by atoms with Gasteiger partial charge in [-0.3, -0.25) is 14.9 Å². The van der Waals surface area contributed by atoms with Gasteiger partial charge in [-0.2, -0.15) is 0 Å². The summed E-state index contributed by atoms with van der Waals surface area (Å²) in [6.07, 6.45) is 2.25. The number of nitrogens with one attached hydrogen (secondary N) is 1. The van der Waals surface area contributed by atoms with Crippen molar-refractivity contribution < 1.29 is 9.72 Å². The molecule has 0 radical (unpaired) electrons. The standard InChI is InChI=1S/C14H18IN3O3/c1-17-6-2-3-10(9-17)8-16-14(19)12-7-11(18(20)21)4-5-13(12)15/h4-5,7,10H,2-3,6,8-9H2,1H3,(H,16,19). The Bertz CT molecular complexity index is 550. The Morgan fingerprint density at radius 3 is 3.00 bits per heavy atom. The van der Waals surface area contributed by atoms with E-state index in [4.69, 9.17) is 0 Å². The van der Waals surface area contributed by atoms with E-state index in [0.717, 1.165) is 29.5 Å². The van der Waals surface area contributed by atoms with Crippen LogP contribution in [0.2, 0.25) is 0 Å². The number of carbonyl (C=O) groups excluding carboxylic acids is 1. The van der Waals surface area contributed by atoms with Crippen molar-refractivity contribution >= 4 is 34.2 Å². The second-order valence-corrected chi connectivity index (χ2v) is 6.56. The molecule has 0 bridgehead atoms. The topological polar surface area (TPSA) is 75.5 Å². The van der Waals surface area contributed by atoms with Crippen molar-refractivity contribution in [3.63, 3.8) is 0 Å². The van der Waals surface area contributed by atoms with E-state index in [1.807, 2.05) is 22.6 Å². The summed E-state index contributed by atoms with van der Waals surface area (Å²) in [6.45, 7) is 2.70. The number of rotatable bonds is 4. The van der Waals surface area contributed by atoms with Gasteiger partial charge in [-0.05, 0) is 61.0 Å². The maximum absolute atomic E-state index is 12.2. The van der Waals surface area contributed by atoms with Crippen LogP contribution in [0.1, 0.15) is 23.2 Å². The number of halogens is 1. The van der Waals surface area contributed by atoms with E-state index in [2.05, 4.69) is 17.3 Å². The smallest absolute Gasteiger partial charge is 0.270 e. The fraction of sp³-hybridized carbons (Fsp3) is 0.500. The molecule has 0 aliphatic carbocycles. The Hall–Kier alpha value is -1.22. The highest BCUT2D eigenvalue weighted by molar-refractivity contribution is 14.1. The predicted molar refractivity (Wildman–Crippen MR) is 88.4 cm³/mol. The molecule has 1 aliphatic heterocycles. The largest absolute Gasteiger partial charge is 0.352 e. The molecule has 1 N–H and O–H groups in total. The van der Waals surface area contributed by atoms with E-state index < -0.39 is 4.92 Å².